The van der Waals surface area contributed by atoms with E-state index in [2.05, 4.69) is 4.98 Å². The molecule has 2 unspecified atom stereocenters. The molecule has 1 aromatic heterocycles. The summed E-state index contributed by atoms with van der Waals surface area (Å²) in [5.41, 5.74) is 5.64. The van der Waals surface area contributed by atoms with Crippen molar-refractivity contribution in [3.63, 3.8) is 0 Å². The summed E-state index contributed by atoms with van der Waals surface area (Å²) in [4.78, 5) is 3.82. The van der Waals surface area contributed by atoms with Crippen molar-refractivity contribution in [3.05, 3.63) is 12.0 Å². The van der Waals surface area contributed by atoms with Crippen LogP contribution in [0, 0.1) is 6.92 Å². The number of aromatic nitrogens is 2. The third-order valence-corrected chi connectivity index (χ3v) is 5.36. The van der Waals surface area contributed by atoms with Gasteiger partial charge in [-0.05, 0) is 19.8 Å². The fourth-order valence-corrected chi connectivity index (χ4v) is 4.06. The maximum absolute atomic E-state index is 13.1. The number of rotatable bonds is 2. The number of hydrogen-bond donors (Lipinski definition) is 1. The molecule has 0 bridgehead atoms. The minimum Gasteiger partial charge on any atom is -0.337 e. The number of alkyl halides is 3. The van der Waals surface area contributed by atoms with Crippen LogP contribution in [0.3, 0.4) is 0 Å². The molecule has 0 aromatic carbocycles. The van der Waals surface area contributed by atoms with E-state index in [1.807, 2.05) is 0 Å². The molecule has 10 heteroatoms. The highest BCUT2D eigenvalue weighted by Gasteiger charge is 2.50. The second kappa shape index (κ2) is 5.25. The number of imidazole rings is 1. The van der Waals surface area contributed by atoms with Gasteiger partial charge in [-0.1, -0.05) is 0 Å². The molecule has 2 rings (SSSR count). The monoisotopic (exact) mass is 326 g/mol. The van der Waals surface area contributed by atoms with Gasteiger partial charge in [-0.2, -0.15) is 17.5 Å². The maximum atomic E-state index is 13.1. The van der Waals surface area contributed by atoms with Gasteiger partial charge >= 0.3 is 6.18 Å². The van der Waals surface area contributed by atoms with Crippen molar-refractivity contribution in [1.29, 1.82) is 0 Å². The lowest BCUT2D eigenvalue weighted by Gasteiger charge is -2.37. The minimum absolute atomic E-state index is 0.136. The predicted octanol–water partition coefficient (Wildman–Crippen LogP) is 0.771. The van der Waals surface area contributed by atoms with E-state index in [9.17, 15) is 21.6 Å². The van der Waals surface area contributed by atoms with Crippen molar-refractivity contribution < 1.29 is 21.6 Å². The fourth-order valence-electron chi connectivity index (χ4n) is 2.33. The van der Waals surface area contributed by atoms with Crippen LogP contribution >= 0.6 is 0 Å². The standard InChI is InChI=1S/C11H17F3N4O2S/c1-7-16-10(6-17(7)2)21(19,20)18-5-8(15)3-4-9(18)11(12,13)14/h6,8-9H,3-5,15H2,1-2H3. The second-order valence-electron chi connectivity index (χ2n) is 5.21. The Hall–Kier alpha value is -1.13. The number of hydrogen-bond acceptors (Lipinski definition) is 4. The van der Waals surface area contributed by atoms with Gasteiger partial charge in [0.15, 0.2) is 5.03 Å². The van der Waals surface area contributed by atoms with Gasteiger partial charge in [-0.15, -0.1) is 0 Å². The lowest BCUT2D eigenvalue weighted by atomic mass is 10.0. The molecule has 0 spiro atoms. The first-order valence-corrected chi connectivity index (χ1v) is 7.81. The van der Waals surface area contributed by atoms with Crippen molar-refractivity contribution >= 4 is 10.0 Å². The van der Waals surface area contributed by atoms with E-state index in [0.717, 1.165) is 0 Å². The number of halogens is 3. The second-order valence-corrected chi connectivity index (χ2v) is 7.04. The van der Waals surface area contributed by atoms with E-state index >= 15 is 0 Å². The Morgan fingerprint density at radius 2 is 2.00 bits per heavy atom. The molecule has 1 saturated heterocycles. The number of piperidine rings is 1. The smallest absolute Gasteiger partial charge is 0.337 e. The molecule has 2 atom stereocenters. The summed E-state index contributed by atoms with van der Waals surface area (Å²) in [5, 5.41) is -0.383. The lowest BCUT2D eigenvalue weighted by Crippen LogP contribution is -2.56. The molecule has 120 valence electrons. The van der Waals surface area contributed by atoms with E-state index in [4.69, 9.17) is 5.73 Å². The van der Waals surface area contributed by atoms with Gasteiger partial charge in [0.1, 0.15) is 11.9 Å². The van der Waals surface area contributed by atoms with Crippen LogP contribution in [0.25, 0.3) is 0 Å². The first kappa shape index (κ1) is 16.2. The van der Waals surface area contributed by atoms with Crippen molar-refractivity contribution in [2.75, 3.05) is 6.54 Å². The first-order valence-electron chi connectivity index (χ1n) is 6.37. The summed E-state index contributed by atoms with van der Waals surface area (Å²) in [6.07, 6.45) is -3.62. The average Bonchev–Trinajstić information content (AvgIpc) is 2.68. The van der Waals surface area contributed by atoms with Gasteiger partial charge in [0, 0.05) is 25.8 Å². The summed E-state index contributed by atoms with van der Waals surface area (Å²) >= 11 is 0. The Bertz CT molecular complexity index is 606. The predicted molar refractivity (Wildman–Crippen MR) is 68.9 cm³/mol. The largest absolute Gasteiger partial charge is 0.405 e. The molecule has 1 fully saturated rings. The quantitative estimate of drug-likeness (QED) is 0.870. The van der Waals surface area contributed by atoms with E-state index in [1.54, 1.807) is 14.0 Å². The summed E-state index contributed by atoms with van der Waals surface area (Å²) < 4.78 is 66.0. The van der Waals surface area contributed by atoms with Gasteiger partial charge in [-0.25, -0.2) is 13.4 Å². The van der Waals surface area contributed by atoms with Gasteiger partial charge < -0.3 is 10.3 Å². The summed E-state index contributed by atoms with van der Waals surface area (Å²) in [7, 11) is -2.75. The van der Waals surface area contributed by atoms with Crippen LogP contribution in [0.4, 0.5) is 13.2 Å². The molecule has 0 aliphatic carbocycles. The third-order valence-electron chi connectivity index (χ3n) is 3.61. The van der Waals surface area contributed by atoms with Gasteiger partial charge in [-0.3, -0.25) is 0 Å². The molecular weight excluding hydrogens is 309 g/mol. The maximum Gasteiger partial charge on any atom is 0.405 e. The van der Waals surface area contributed by atoms with Crippen LogP contribution in [0.15, 0.2) is 11.2 Å². The van der Waals surface area contributed by atoms with E-state index in [0.29, 0.717) is 10.1 Å². The molecular formula is C11H17F3N4O2S. The normalized spacial score (nSPS) is 25.2. The van der Waals surface area contributed by atoms with Crippen LogP contribution in [-0.2, 0) is 17.1 Å². The molecule has 1 aliphatic rings. The number of sulfonamides is 1. The van der Waals surface area contributed by atoms with Crippen LogP contribution in [0.2, 0.25) is 0 Å². The summed E-state index contributed by atoms with van der Waals surface area (Å²) in [6, 6.07) is -2.66. The highest BCUT2D eigenvalue weighted by atomic mass is 32.2. The van der Waals surface area contributed by atoms with Crippen LogP contribution < -0.4 is 5.73 Å². The Kier molecular flexibility index (Phi) is 4.06. The van der Waals surface area contributed by atoms with Crippen molar-refractivity contribution in [3.8, 4) is 0 Å². The SMILES string of the molecule is Cc1nc(S(=O)(=O)N2CC(N)CCC2C(F)(F)F)cn1C. The zero-order chi connectivity index (χ0) is 16.0. The highest BCUT2D eigenvalue weighted by molar-refractivity contribution is 7.89. The Morgan fingerprint density at radius 1 is 1.38 bits per heavy atom. The van der Waals surface area contributed by atoms with E-state index in [1.165, 1.54) is 10.8 Å². The van der Waals surface area contributed by atoms with Crippen molar-refractivity contribution in [1.82, 2.24) is 13.9 Å². The fraction of sp³-hybridized carbons (Fsp3) is 0.727. The molecule has 1 aromatic rings. The van der Waals surface area contributed by atoms with Crippen LogP contribution in [0.5, 0.6) is 0 Å². The molecule has 2 heterocycles. The Labute approximate surface area is 120 Å². The zero-order valence-electron chi connectivity index (χ0n) is 11.6. The van der Waals surface area contributed by atoms with E-state index in [-0.39, 0.29) is 24.4 Å². The van der Waals surface area contributed by atoms with Crippen LogP contribution in [-0.4, -0.2) is 47.1 Å². The number of nitrogens with two attached hydrogens (primary N) is 1. The summed E-state index contributed by atoms with van der Waals surface area (Å²) in [6.45, 7) is 1.21. The molecule has 6 nitrogen and oxygen atoms in total. The molecule has 21 heavy (non-hydrogen) atoms. The summed E-state index contributed by atoms with van der Waals surface area (Å²) in [5.74, 6) is 0.401. The highest BCUT2D eigenvalue weighted by Crippen LogP contribution is 2.34. The zero-order valence-corrected chi connectivity index (χ0v) is 12.4. The molecule has 2 N–H and O–H groups in total. The molecule has 1 aliphatic heterocycles. The van der Waals surface area contributed by atoms with Gasteiger partial charge in [0.05, 0.1) is 0 Å². The van der Waals surface area contributed by atoms with Crippen molar-refractivity contribution in [2.45, 2.75) is 43.1 Å². The first-order chi connectivity index (χ1) is 9.53. The minimum atomic E-state index is -4.63. The lowest BCUT2D eigenvalue weighted by molar-refractivity contribution is -0.178. The average molecular weight is 326 g/mol. The van der Waals surface area contributed by atoms with Gasteiger partial charge in [0.2, 0.25) is 0 Å². The molecule has 0 saturated carbocycles. The Morgan fingerprint density at radius 3 is 2.48 bits per heavy atom. The topological polar surface area (TPSA) is 81.2 Å². The Balaban J connectivity index is 2.43. The van der Waals surface area contributed by atoms with Gasteiger partial charge in [0.25, 0.3) is 10.0 Å². The third kappa shape index (κ3) is 3.06. The van der Waals surface area contributed by atoms with E-state index < -0.39 is 28.3 Å². The number of aryl methyl sites for hydroxylation is 2. The van der Waals surface area contributed by atoms with Crippen molar-refractivity contribution in [2.24, 2.45) is 12.8 Å². The number of nitrogens with zero attached hydrogens (tertiary/aromatic N) is 3. The molecule has 0 radical (unpaired) electrons. The molecule has 0 amide bonds. The van der Waals surface area contributed by atoms with Crippen LogP contribution in [0.1, 0.15) is 18.7 Å².